The summed E-state index contributed by atoms with van der Waals surface area (Å²) in [5, 5.41) is 14.7. The molecule has 32 heavy (non-hydrogen) atoms. The molecule has 158 valence electrons. The highest BCUT2D eigenvalue weighted by Gasteiger charge is 2.19. The van der Waals surface area contributed by atoms with Crippen LogP contribution < -0.4 is 20.1 Å². The Bertz CT molecular complexity index is 1450. The fourth-order valence-electron chi connectivity index (χ4n) is 3.25. The van der Waals surface area contributed by atoms with Gasteiger partial charge < -0.3 is 5.32 Å². The average Bonchev–Trinajstić information content (AvgIpc) is 3.44. The van der Waals surface area contributed by atoms with E-state index in [4.69, 9.17) is 0 Å². The molecule has 2 heterocycles. The van der Waals surface area contributed by atoms with Gasteiger partial charge >= 0.3 is 0 Å². The molecule has 4 aromatic rings. The van der Waals surface area contributed by atoms with E-state index < -0.39 is 5.91 Å². The van der Waals surface area contributed by atoms with Gasteiger partial charge in [0.2, 0.25) is 0 Å². The molecule has 1 atom stereocenters. The van der Waals surface area contributed by atoms with Crippen LogP contribution in [-0.2, 0) is 4.79 Å². The van der Waals surface area contributed by atoms with Gasteiger partial charge in [-0.05, 0) is 42.1 Å². The summed E-state index contributed by atoms with van der Waals surface area (Å²) in [5.74, 6) is -0.516. The predicted octanol–water partition coefficient (Wildman–Crippen LogP) is 3.34. The van der Waals surface area contributed by atoms with Crippen LogP contribution in [0.3, 0.4) is 0 Å². The molecule has 0 saturated heterocycles. The van der Waals surface area contributed by atoms with Gasteiger partial charge in [0.05, 0.1) is 16.3 Å². The number of carbonyl (C=O) groups is 1. The second kappa shape index (κ2) is 9.60. The monoisotopic (exact) mass is 457 g/mol. The number of para-hydroxylation sites is 1. The summed E-state index contributed by atoms with van der Waals surface area (Å²) >= 11 is 2.66. The number of thiazole rings is 1. The topological polar surface area (TPSA) is 74.9 Å². The lowest BCUT2D eigenvalue weighted by atomic mass is 10.1. The SMILES string of the molecule is C[C@H](NC(=O)/C(C#N)=c1/s/c(=C/c2cccs2)c(=O)n1-c1ccccc1)c1ccccc1. The van der Waals surface area contributed by atoms with Gasteiger partial charge in [-0.3, -0.25) is 14.2 Å². The second-order valence-corrected chi connectivity index (χ2v) is 9.01. The van der Waals surface area contributed by atoms with E-state index in [1.807, 2.05) is 79.0 Å². The number of nitriles is 1. The minimum atomic E-state index is -0.516. The number of nitrogens with one attached hydrogen (secondary N) is 1. The maximum absolute atomic E-state index is 13.3. The molecule has 2 aromatic heterocycles. The maximum Gasteiger partial charge on any atom is 0.273 e. The molecule has 0 spiro atoms. The first-order valence-electron chi connectivity index (χ1n) is 9.91. The number of carbonyl (C=O) groups excluding carboxylic acids is 1. The number of rotatable bonds is 5. The molecule has 0 aliphatic rings. The van der Waals surface area contributed by atoms with Crippen LogP contribution in [0.15, 0.2) is 83.0 Å². The lowest BCUT2D eigenvalue weighted by molar-refractivity contribution is -0.116. The number of thiophene rings is 1. The van der Waals surface area contributed by atoms with Gasteiger partial charge in [-0.25, -0.2) is 0 Å². The van der Waals surface area contributed by atoms with E-state index in [0.717, 1.165) is 21.8 Å². The highest BCUT2D eigenvalue weighted by Crippen LogP contribution is 2.12. The molecule has 4 rings (SSSR count). The third kappa shape index (κ3) is 4.47. The zero-order chi connectivity index (χ0) is 22.5. The van der Waals surface area contributed by atoms with Crippen LogP contribution in [0, 0.1) is 11.3 Å². The van der Waals surface area contributed by atoms with Crippen LogP contribution >= 0.6 is 22.7 Å². The number of hydrogen-bond donors (Lipinski definition) is 1. The van der Waals surface area contributed by atoms with Gasteiger partial charge in [0.1, 0.15) is 10.7 Å². The van der Waals surface area contributed by atoms with E-state index in [-0.39, 0.29) is 17.2 Å². The van der Waals surface area contributed by atoms with Crippen molar-refractivity contribution in [3.63, 3.8) is 0 Å². The van der Waals surface area contributed by atoms with Crippen molar-refractivity contribution >= 4 is 40.2 Å². The number of benzene rings is 2. The molecule has 1 N–H and O–H groups in total. The largest absolute Gasteiger partial charge is 0.345 e. The lowest BCUT2D eigenvalue weighted by Gasteiger charge is -2.13. The summed E-state index contributed by atoms with van der Waals surface area (Å²) < 4.78 is 2.21. The summed E-state index contributed by atoms with van der Waals surface area (Å²) in [4.78, 5) is 27.3. The molecule has 0 unspecified atom stereocenters. The number of nitrogens with zero attached hydrogens (tertiary/aromatic N) is 2. The lowest BCUT2D eigenvalue weighted by Crippen LogP contribution is -2.34. The van der Waals surface area contributed by atoms with Crippen LogP contribution in [0.2, 0.25) is 0 Å². The van der Waals surface area contributed by atoms with Crippen LogP contribution in [0.1, 0.15) is 23.4 Å². The number of amides is 1. The quantitative estimate of drug-likeness (QED) is 0.500. The Kier molecular flexibility index (Phi) is 6.45. The molecule has 0 saturated carbocycles. The molecular formula is C25H19N3O2S2. The third-order valence-electron chi connectivity index (χ3n) is 4.85. The molecule has 0 fully saturated rings. The molecule has 5 nitrogen and oxygen atoms in total. The standard InChI is InChI=1S/C25H19N3O2S2/c1-17(18-9-4-2-5-10-18)27-23(29)21(16-26)25-28(19-11-6-3-7-12-19)24(30)22(32-25)15-20-13-8-14-31-20/h2-15,17H,1H3,(H,27,29)/b22-15+,25-21+/t17-/m0/s1. The molecule has 0 aliphatic heterocycles. The highest BCUT2D eigenvalue weighted by atomic mass is 32.1. The van der Waals surface area contributed by atoms with Crippen molar-refractivity contribution < 1.29 is 4.79 Å². The van der Waals surface area contributed by atoms with Crippen molar-refractivity contribution in [2.24, 2.45) is 0 Å². The normalized spacial score (nSPS) is 13.3. The Balaban J connectivity index is 1.88. The van der Waals surface area contributed by atoms with E-state index in [1.165, 1.54) is 15.9 Å². The molecule has 1 amide bonds. The van der Waals surface area contributed by atoms with Gasteiger partial charge in [-0.15, -0.1) is 22.7 Å². The van der Waals surface area contributed by atoms with E-state index in [9.17, 15) is 14.9 Å². The highest BCUT2D eigenvalue weighted by molar-refractivity contribution is 7.11. The van der Waals surface area contributed by atoms with Gasteiger partial charge in [0.25, 0.3) is 11.5 Å². The van der Waals surface area contributed by atoms with Gasteiger partial charge in [0.15, 0.2) is 5.57 Å². The zero-order valence-electron chi connectivity index (χ0n) is 17.2. The summed E-state index contributed by atoms with van der Waals surface area (Å²) in [6, 6.07) is 24.1. The summed E-state index contributed by atoms with van der Waals surface area (Å²) in [6.45, 7) is 1.86. The smallest absolute Gasteiger partial charge is 0.273 e. The Morgan fingerprint density at radius 1 is 1.06 bits per heavy atom. The van der Waals surface area contributed by atoms with E-state index in [1.54, 1.807) is 18.2 Å². The molecule has 0 bridgehead atoms. The van der Waals surface area contributed by atoms with Crippen molar-refractivity contribution in [2.75, 3.05) is 0 Å². The maximum atomic E-state index is 13.3. The fraction of sp³-hybridized carbons (Fsp3) is 0.0800. The van der Waals surface area contributed by atoms with Gasteiger partial charge in [-0.2, -0.15) is 5.26 Å². The van der Waals surface area contributed by atoms with Crippen molar-refractivity contribution in [1.82, 2.24) is 9.88 Å². The molecule has 7 heteroatoms. The fourth-order valence-corrected chi connectivity index (χ4v) is 5.08. The minimum absolute atomic E-state index is 0.0930. The summed E-state index contributed by atoms with van der Waals surface area (Å²) in [7, 11) is 0. The first kappa shape index (κ1) is 21.5. The van der Waals surface area contributed by atoms with Gasteiger partial charge in [-0.1, -0.05) is 54.6 Å². The second-order valence-electron chi connectivity index (χ2n) is 7.00. The van der Waals surface area contributed by atoms with Crippen molar-refractivity contribution in [3.8, 4) is 11.8 Å². The van der Waals surface area contributed by atoms with Crippen molar-refractivity contribution in [2.45, 2.75) is 13.0 Å². The van der Waals surface area contributed by atoms with Crippen LogP contribution in [0.5, 0.6) is 0 Å². The first-order chi connectivity index (χ1) is 15.6. The van der Waals surface area contributed by atoms with Crippen LogP contribution in [0.25, 0.3) is 17.3 Å². The van der Waals surface area contributed by atoms with Crippen LogP contribution in [0.4, 0.5) is 0 Å². The Hall–Kier alpha value is -3.73. The van der Waals surface area contributed by atoms with Crippen molar-refractivity contribution in [3.05, 3.63) is 108 Å². The number of hydrogen-bond acceptors (Lipinski definition) is 5. The van der Waals surface area contributed by atoms with E-state index >= 15 is 0 Å². The first-order valence-corrected chi connectivity index (χ1v) is 11.6. The summed E-state index contributed by atoms with van der Waals surface area (Å²) in [5.41, 5.74) is 1.17. The molecule has 2 aromatic carbocycles. The van der Waals surface area contributed by atoms with Gasteiger partial charge in [0, 0.05) is 4.88 Å². The Labute approximate surface area is 192 Å². The van der Waals surface area contributed by atoms with Crippen LogP contribution in [-0.4, -0.2) is 10.5 Å². The number of aromatic nitrogens is 1. The van der Waals surface area contributed by atoms with E-state index in [0.29, 0.717) is 14.9 Å². The molecule has 0 aliphatic carbocycles. The van der Waals surface area contributed by atoms with E-state index in [2.05, 4.69) is 5.32 Å². The Morgan fingerprint density at radius 3 is 2.38 bits per heavy atom. The molecule has 0 radical (unpaired) electrons. The van der Waals surface area contributed by atoms with Crippen molar-refractivity contribution in [1.29, 1.82) is 5.26 Å². The minimum Gasteiger partial charge on any atom is -0.345 e. The average molecular weight is 458 g/mol. The summed E-state index contributed by atoms with van der Waals surface area (Å²) in [6.07, 6.45) is 1.79. The molecular weight excluding hydrogens is 438 g/mol. The third-order valence-corrected chi connectivity index (χ3v) is 6.77. The zero-order valence-corrected chi connectivity index (χ0v) is 18.8. The predicted molar refractivity (Wildman–Crippen MR) is 129 cm³/mol. The Morgan fingerprint density at radius 2 is 1.75 bits per heavy atom.